The predicted molar refractivity (Wildman–Crippen MR) is 126 cm³/mol. The molecule has 4 rings (SSSR count). The zero-order chi connectivity index (χ0) is 23.4. The maximum atomic E-state index is 12.5. The molecule has 0 aliphatic rings. The van der Waals surface area contributed by atoms with Crippen LogP contribution in [0.1, 0.15) is 15.9 Å². The Balaban J connectivity index is 1.53. The summed E-state index contributed by atoms with van der Waals surface area (Å²) in [7, 11) is -3.64. The van der Waals surface area contributed by atoms with Crippen molar-refractivity contribution in [2.45, 2.75) is 5.75 Å². The van der Waals surface area contributed by atoms with E-state index >= 15 is 0 Å². The summed E-state index contributed by atoms with van der Waals surface area (Å²) in [5.74, 6) is -0.224. The zero-order valence-corrected chi connectivity index (χ0v) is 18.6. The van der Waals surface area contributed by atoms with Crippen LogP contribution < -0.4 is 15.8 Å². The maximum absolute atomic E-state index is 12.5. The maximum Gasteiger partial charge on any atom is 0.254 e. The van der Waals surface area contributed by atoms with Crippen LogP contribution >= 0.6 is 11.6 Å². The summed E-state index contributed by atoms with van der Waals surface area (Å²) in [6.07, 6.45) is 4.50. The fourth-order valence-corrected chi connectivity index (χ4v) is 4.41. The number of aromatic nitrogens is 4. The van der Waals surface area contributed by atoms with Gasteiger partial charge in [-0.3, -0.25) is 19.6 Å². The monoisotopic (exact) mass is 483 g/mol. The number of carbonyl (C=O) groups excluding carboxylic acids is 1. The van der Waals surface area contributed by atoms with E-state index in [1.54, 1.807) is 48.5 Å². The van der Waals surface area contributed by atoms with E-state index in [2.05, 4.69) is 30.2 Å². The van der Waals surface area contributed by atoms with Gasteiger partial charge in [0.1, 0.15) is 22.9 Å². The highest BCUT2D eigenvalue weighted by Crippen LogP contribution is 2.29. The quantitative estimate of drug-likeness (QED) is 0.299. The second kappa shape index (κ2) is 9.27. The van der Waals surface area contributed by atoms with Crippen molar-refractivity contribution in [3.05, 3.63) is 83.3 Å². The zero-order valence-electron chi connectivity index (χ0n) is 17.0. The second-order valence-corrected chi connectivity index (χ2v) is 9.13. The summed E-state index contributed by atoms with van der Waals surface area (Å²) in [6.45, 7) is 0. The van der Waals surface area contributed by atoms with Gasteiger partial charge in [-0.05, 0) is 29.8 Å². The van der Waals surface area contributed by atoms with Crippen LogP contribution in [0.15, 0.2) is 67.1 Å². The van der Waals surface area contributed by atoms with Gasteiger partial charge in [0.15, 0.2) is 0 Å². The molecule has 0 unspecified atom stereocenters. The van der Waals surface area contributed by atoms with E-state index < -0.39 is 15.9 Å². The molecule has 0 radical (unpaired) electrons. The van der Waals surface area contributed by atoms with Gasteiger partial charge in [-0.1, -0.05) is 35.9 Å². The van der Waals surface area contributed by atoms with Crippen LogP contribution in [0.5, 0.6) is 0 Å². The molecule has 168 valence electrons. The van der Waals surface area contributed by atoms with Crippen molar-refractivity contribution in [1.29, 1.82) is 0 Å². The molecular formula is C21H18ClN7O3S. The van der Waals surface area contributed by atoms with E-state index in [1.807, 2.05) is 0 Å². The number of primary amides is 1. The molecule has 33 heavy (non-hydrogen) atoms. The van der Waals surface area contributed by atoms with Gasteiger partial charge in [-0.15, -0.1) is 0 Å². The second-order valence-electron chi connectivity index (χ2n) is 6.97. The highest BCUT2D eigenvalue weighted by Gasteiger charge is 2.20. The lowest BCUT2D eigenvalue weighted by molar-refractivity contribution is 0.100. The molecule has 2 aromatic carbocycles. The number of halogens is 1. The molecule has 2 heterocycles. The Kier molecular flexibility index (Phi) is 6.24. The van der Waals surface area contributed by atoms with Gasteiger partial charge in [0.25, 0.3) is 5.91 Å². The standard InChI is InChI=1S/C21H18ClN7O3S/c22-15-5-1-13(2-6-15)12-33(31,32)29-16-7-3-14(4-8-16)19-18(20(23)30)21(28-27-19)26-17-11-24-9-10-25-17/h1-11,29H,12H2,(H2,23,30)(H2,25,26,27,28). The fraction of sp³-hybridized carbons (Fsp3) is 0.0476. The van der Waals surface area contributed by atoms with Crippen LogP contribution in [0.4, 0.5) is 17.3 Å². The number of hydrogen-bond donors (Lipinski definition) is 4. The third kappa shape index (κ3) is 5.45. The summed E-state index contributed by atoms with van der Waals surface area (Å²) in [6, 6.07) is 13.0. The van der Waals surface area contributed by atoms with Gasteiger partial charge >= 0.3 is 0 Å². The molecule has 0 spiro atoms. The summed E-state index contributed by atoms with van der Waals surface area (Å²) in [5, 5.41) is 10.4. The number of hydrogen-bond acceptors (Lipinski definition) is 7. The Bertz CT molecular complexity index is 1370. The number of aromatic amines is 1. The molecule has 0 aliphatic heterocycles. The molecule has 5 N–H and O–H groups in total. The number of nitrogens with two attached hydrogens (primary N) is 1. The molecule has 0 fully saturated rings. The average Bonchev–Trinajstić information content (AvgIpc) is 3.20. The lowest BCUT2D eigenvalue weighted by Crippen LogP contribution is -2.15. The van der Waals surface area contributed by atoms with Crippen molar-refractivity contribution in [2.75, 3.05) is 10.0 Å². The normalized spacial score (nSPS) is 11.2. The number of nitrogens with zero attached hydrogens (tertiary/aromatic N) is 3. The molecule has 0 bridgehead atoms. The molecule has 10 nitrogen and oxygen atoms in total. The summed E-state index contributed by atoms with van der Waals surface area (Å²) < 4.78 is 27.5. The minimum absolute atomic E-state index is 0.136. The topological polar surface area (TPSA) is 156 Å². The summed E-state index contributed by atoms with van der Waals surface area (Å²) >= 11 is 5.84. The smallest absolute Gasteiger partial charge is 0.254 e. The Morgan fingerprint density at radius 1 is 1.06 bits per heavy atom. The van der Waals surface area contributed by atoms with Gasteiger partial charge in [-0.25, -0.2) is 13.4 Å². The van der Waals surface area contributed by atoms with Crippen molar-refractivity contribution in [1.82, 2.24) is 20.2 Å². The van der Waals surface area contributed by atoms with Crippen molar-refractivity contribution in [3.8, 4) is 11.3 Å². The van der Waals surface area contributed by atoms with E-state index in [1.165, 1.54) is 18.6 Å². The van der Waals surface area contributed by atoms with Crippen LogP contribution in [-0.4, -0.2) is 34.5 Å². The minimum Gasteiger partial charge on any atom is -0.365 e. The third-order valence-electron chi connectivity index (χ3n) is 4.53. The molecule has 12 heteroatoms. The van der Waals surface area contributed by atoms with Gasteiger partial charge < -0.3 is 11.1 Å². The first kappa shape index (κ1) is 22.2. The number of H-pyrrole nitrogens is 1. The van der Waals surface area contributed by atoms with E-state index in [0.29, 0.717) is 33.3 Å². The van der Waals surface area contributed by atoms with E-state index in [-0.39, 0.29) is 17.1 Å². The van der Waals surface area contributed by atoms with Crippen molar-refractivity contribution in [2.24, 2.45) is 5.73 Å². The first-order valence-corrected chi connectivity index (χ1v) is 11.6. The van der Waals surface area contributed by atoms with Crippen LogP contribution in [0.3, 0.4) is 0 Å². The molecule has 0 saturated carbocycles. The number of anilines is 3. The SMILES string of the molecule is NC(=O)c1c(-c2ccc(NS(=O)(=O)Cc3ccc(Cl)cc3)cc2)n[nH]c1Nc1cnccn1. The van der Waals surface area contributed by atoms with Crippen LogP contribution in [0.25, 0.3) is 11.3 Å². The van der Waals surface area contributed by atoms with Gasteiger partial charge in [-0.2, -0.15) is 5.10 Å². The Morgan fingerprint density at radius 3 is 2.42 bits per heavy atom. The number of nitrogens with one attached hydrogen (secondary N) is 3. The Hall–Kier alpha value is -3.96. The largest absolute Gasteiger partial charge is 0.365 e. The molecule has 0 atom stereocenters. The first-order valence-electron chi connectivity index (χ1n) is 9.57. The number of benzene rings is 2. The van der Waals surface area contributed by atoms with Crippen molar-refractivity contribution in [3.63, 3.8) is 0 Å². The average molecular weight is 484 g/mol. The summed E-state index contributed by atoms with van der Waals surface area (Å²) in [5.41, 5.74) is 7.55. The molecule has 2 aromatic heterocycles. The van der Waals surface area contributed by atoms with Gasteiger partial charge in [0.05, 0.1) is 11.9 Å². The number of carbonyl (C=O) groups is 1. The minimum atomic E-state index is -3.64. The third-order valence-corrected chi connectivity index (χ3v) is 6.04. The summed E-state index contributed by atoms with van der Waals surface area (Å²) in [4.78, 5) is 20.1. The van der Waals surface area contributed by atoms with E-state index in [4.69, 9.17) is 17.3 Å². The molecule has 0 saturated heterocycles. The predicted octanol–water partition coefficient (Wildman–Crippen LogP) is 3.30. The van der Waals surface area contributed by atoms with Crippen LogP contribution in [-0.2, 0) is 15.8 Å². The number of amides is 1. The van der Waals surface area contributed by atoms with Gasteiger partial charge in [0, 0.05) is 28.7 Å². The van der Waals surface area contributed by atoms with E-state index in [9.17, 15) is 13.2 Å². The fourth-order valence-electron chi connectivity index (χ4n) is 3.08. The van der Waals surface area contributed by atoms with Crippen LogP contribution in [0, 0.1) is 0 Å². The van der Waals surface area contributed by atoms with E-state index in [0.717, 1.165) is 0 Å². The van der Waals surface area contributed by atoms with Gasteiger partial charge in [0.2, 0.25) is 10.0 Å². The highest BCUT2D eigenvalue weighted by molar-refractivity contribution is 7.91. The molecule has 4 aromatic rings. The lowest BCUT2D eigenvalue weighted by Gasteiger charge is -2.09. The first-order chi connectivity index (χ1) is 15.8. The van der Waals surface area contributed by atoms with Crippen LogP contribution in [0.2, 0.25) is 5.02 Å². The molecular weight excluding hydrogens is 466 g/mol. The Labute approximate surface area is 194 Å². The highest BCUT2D eigenvalue weighted by atomic mass is 35.5. The molecule has 0 aliphatic carbocycles. The van der Waals surface area contributed by atoms with Crippen molar-refractivity contribution >= 4 is 44.9 Å². The Morgan fingerprint density at radius 2 is 1.79 bits per heavy atom. The number of sulfonamides is 1. The number of rotatable bonds is 8. The molecule has 1 amide bonds. The van der Waals surface area contributed by atoms with Crippen molar-refractivity contribution < 1.29 is 13.2 Å². The lowest BCUT2D eigenvalue weighted by atomic mass is 10.1.